The second kappa shape index (κ2) is 5.51. The number of likely N-dealkylation sites (tertiary alicyclic amines) is 1. The number of anilines is 1. The lowest BCUT2D eigenvalue weighted by Gasteiger charge is -2.35. The fourth-order valence-corrected chi connectivity index (χ4v) is 3.21. The number of nitrogens with zero attached hydrogens (tertiary/aromatic N) is 1. The van der Waals surface area contributed by atoms with E-state index in [1.54, 1.807) is 12.1 Å². The number of hydrogen-bond acceptors (Lipinski definition) is 4. The lowest BCUT2D eigenvalue weighted by molar-refractivity contribution is 0.206. The molecule has 5 heteroatoms. The van der Waals surface area contributed by atoms with E-state index >= 15 is 0 Å². The summed E-state index contributed by atoms with van der Waals surface area (Å²) in [5.74, 6) is 0.591. The quantitative estimate of drug-likeness (QED) is 0.919. The molecule has 1 aromatic carbocycles. The van der Waals surface area contributed by atoms with Crippen molar-refractivity contribution in [2.24, 2.45) is 5.92 Å². The summed E-state index contributed by atoms with van der Waals surface area (Å²) in [6.07, 6.45) is 2.35. The third kappa shape index (κ3) is 3.70. The highest BCUT2D eigenvalue weighted by Gasteiger charge is 2.23. The van der Waals surface area contributed by atoms with Crippen LogP contribution in [-0.4, -0.2) is 45.8 Å². The monoisotopic (exact) mass is 282 g/mol. The van der Waals surface area contributed by atoms with E-state index in [0.29, 0.717) is 16.9 Å². The van der Waals surface area contributed by atoms with Crippen molar-refractivity contribution in [3.8, 4) is 0 Å². The molecule has 0 aromatic heterocycles. The molecule has 1 N–H and O–H groups in total. The summed E-state index contributed by atoms with van der Waals surface area (Å²) < 4.78 is 22.8. The first kappa shape index (κ1) is 14.3. The summed E-state index contributed by atoms with van der Waals surface area (Å²) in [5.41, 5.74) is 0.994. The van der Waals surface area contributed by atoms with E-state index in [1.807, 2.05) is 12.1 Å². The molecule has 2 atom stereocenters. The summed E-state index contributed by atoms with van der Waals surface area (Å²) in [5, 5.41) is 3.51. The van der Waals surface area contributed by atoms with Crippen LogP contribution in [0.15, 0.2) is 29.2 Å². The van der Waals surface area contributed by atoms with Crippen molar-refractivity contribution in [3.05, 3.63) is 24.3 Å². The van der Waals surface area contributed by atoms with Gasteiger partial charge in [-0.05, 0) is 50.2 Å². The maximum absolute atomic E-state index is 11.4. The second-order valence-electron chi connectivity index (χ2n) is 5.58. The van der Waals surface area contributed by atoms with Crippen LogP contribution in [0.4, 0.5) is 5.69 Å². The summed E-state index contributed by atoms with van der Waals surface area (Å²) in [6.45, 7) is 4.45. The van der Waals surface area contributed by atoms with E-state index in [0.717, 1.165) is 25.2 Å². The zero-order chi connectivity index (χ0) is 14.0. The minimum absolute atomic E-state index is 0.370. The van der Waals surface area contributed by atoms with Gasteiger partial charge in [-0.3, -0.25) is 0 Å². The van der Waals surface area contributed by atoms with Gasteiger partial charge in [-0.2, -0.15) is 0 Å². The molecule has 1 aromatic rings. The topological polar surface area (TPSA) is 49.4 Å². The predicted octanol–water partition coefficient (Wildman–Crippen LogP) is 1.84. The van der Waals surface area contributed by atoms with Gasteiger partial charge < -0.3 is 10.2 Å². The van der Waals surface area contributed by atoms with Crippen LogP contribution in [0.3, 0.4) is 0 Å². The molecule has 1 saturated heterocycles. The number of piperidine rings is 1. The van der Waals surface area contributed by atoms with Crippen LogP contribution < -0.4 is 5.32 Å². The number of benzene rings is 1. The Morgan fingerprint density at radius 2 is 1.89 bits per heavy atom. The molecule has 0 saturated carbocycles. The van der Waals surface area contributed by atoms with Gasteiger partial charge in [-0.25, -0.2) is 8.42 Å². The standard InChI is InChI=1S/C14H22N2O2S/c1-11-10-16(2)9-8-14(11)15-12-4-6-13(7-5-12)19(3,17)18/h4-7,11,14-15H,8-10H2,1-3H3. The summed E-state index contributed by atoms with van der Waals surface area (Å²) >= 11 is 0. The van der Waals surface area contributed by atoms with Crippen molar-refractivity contribution in [2.75, 3.05) is 31.7 Å². The van der Waals surface area contributed by atoms with Crippen molar-refractivity contribution < 1.29 is 8.42 Å². The smallest absolute Gasteiger partial charge is 0.175 e. The molecule has 1 fully saturated rings. The van der Waals surface area contributed by atoms with Gasteiger partial charge in [-0.15, -0.1) is 0 Å². The van der Waals surface area contributed by atoms with Gasteiger partial charge in [-0.1, -0.05) is 6.92 Å². The minimum atomic E-state index is -3.11. The fraction of sp³-hybridized carbons (Fsp3) is 0.571. The van der Waals surface area contributed by atoms with Gasteiger partial charge in [0.1, 0.15) is 0 Å². The van der Waals surface area contributed by atoms with E-state index in [-0.39, 0.29) is 0 Å². The highest BCUT2D eigenvalue weighted by Crippen LogP contribution is 2.21. The first-order chi connectivity index (χ1) is 8.86. The SMILES string of the molecule is CC1CN(C)CCC1Nc1ccc(S(C)(=O)=O)cc1. The number of sulfone groups is 1. The maximum Gasteiger partial charge on any atom is 0.175 e. The van der Waals surface area contributed by atoms with Crippen molar-refractivity contribution in [1.82, 2.24) is 4.90 Å². The first-order valence-electron chi connectivity index (χ1n) is 6.61. The largest absolute Gasteiger partial charge is 0.382 e. The molecule has 1 aliphatic rings. The molecule has 1 aliphatic heterocycles. The van der Waals surface area contributed by atoms with E-state index in [2.05, 4.69) is 24.2 Å². The van der Waals surface area contributed by atoms with Crippen LogP contribution in [-0.2, 0) is 9.84 Å². The van der Waals surface area contributed by atoms with Crippen molar-refractivity contribution in [3.63, 3.8) is 0 Å². The van der Waals surface area contributed by atoms with Crippen molar-refractivity contribution in [1.29, 1.82) is 0 Å². The highest BCUT2D eigenvalue weighted by atomic mass is 32.2. The Morgan fingerprint density at radius 1 is 1.26 bits per heavy atom. The van der Waals surface area contributed by atoms with Crippen molar-refractivity contribution >= 4 is 15.5 Å². The van der Waals surface area contributed by atoms with Crippen LogP contribution in [0.1, 0.15) is 13.3 Å². The van der Waals surface area contributed by atoms with Gasteiger partial charge in [0.15, 0.2) is 9.84 Å². The third-order valence-corrected chi connectivity index (χ3v) is 4.87. The molecule has 0 aliphatic carbocycles. The summed E-state index contributed by atoms with van der Waals surface area (Å²) in [4.78, 5) is 2.71. The van der Waals surface area contributed by atoms with Crippen LogP contribution in [0.2, 0.25) is 0 Å². The lowest BCUT2D eigenvalue weighted by Crippen LogP contribution is -2.43. The highest BCUT2D eigenvalue weighted by molar-refractivity contribution is 7.90. The van der Waals surface area contributed by atoms with E-state index < -0.39 is 9.84 Å². The maximum atomic E-state index is 11.4. The molecule has 0 radical (unpaired) electrons. The Hall–Kier alpha value is -1.07. The molecule has 2 rings (SSSR count). The van der Waals surface area contributed by atoms with E-state index in [1.165, 1.54) is 6.26 Å². The molecule has 0 amide bonds. The van der Waals surface area contributed by atoms with Gasteiger partial charge in [0.2, 0.25) is 0 Å². The van der Waals surface area contributed by atoms with Crippen LogP contribution in [0.25, 0.3) is 0 Å². The van der Waals surface area contributed by atoms with Gasteiger partial charge in [0.25, 0.3) is 0 Å². The average molecular weight is 282 g/mol. The minimum Gasteiger partial charge on any atom is -0.382 e. The van der Waals surface area contributed by atoms with E-state index in [4.69, 9.17) is 0 Å². The number of hydrogen-bond donors (Lipinski definition) is 1. The Balaban J connectivity index is 2.04. The first-order valence-corrected chi connectivity index (χ1v) is 8.50. The Labute approximate surface area is 115 Å². The zero-order valence-corrected chi connectivity index (χ0v) is 12.6. The fourth-order valence-electron chi connectivity index (χ4n) is 2.58. The molecule has 19 heavy (non-hydrogen) atoms. The molecule has 2 unspecified atom stereocenters. The number of nitrogens with one attached hydrogen (secondary N) is 1. The van der Waals surface area contributed by atoms with Crippen LogP contribution >= 0.6 is 0 Å². The Morgan fingerprint density at radius 3 is 2.42 bits per heavy atom. The van der Waals surface area contributed by atoms with Gasteiger partial charge in [0.05, 0.1) is 4.90 Å². The molecular formula is C14H22N2O2S. The Bertz CT molecular complexity index is 525. The second-order valence-corrected chi connectivity index (χ2v) is 7.59. The molecule has 0 spiro atoms. The van der Waals surface area contributed by atoms with E-state index in [9.17, 15) is 8.42 Å². The van der Waals surface area contributed by atoms with Crippen molar-refractivity contribution in [2.45, 2.75) is 24.3 Å². The van der Waals surface area contributed by atoms with Crippen LogP contribution in [0, 0.1) is 5.92 Å². The number of rotatable bonds is 3. The predicted molar refractivity (Wildman–Crippen MR) is 78.2 cm³/mol. The summed E-state index contributed by atoms with van der Waals surface area (Å²) in [7, 11) is -0.959. The third-order valence-electron chi connectivity index (χ3n) is 3.74. The molecule has 106 valence electrons. The summed E-state index contributed by atoms with van der Waals surface area (Å²) in [6, 6.07) is 7.48. The van der Waals surface area contributed by atoms with Gasteiger partial charge >= 0.3 is 0 Å². The molecule has 4 nitrogen and oxygen atoms in total. The normalized spacial score (nSPS) is 25.2. The Kier molecular flexibility index (Phi) is 4.16. The molecular weight excluding hydrogens is 260 g/mol. The lowest BCUT2D eigenvalue weighted by atomic mass is 9.94. The van der Waals surface area contributed by atoms with Crippen LogP contribution in [0.5, 0.6) is 0 Å². The van der Waals surface area contributed by atoms with Gasteiger partial charge in [0, 0.05) is 24.5 Å². The zero-order valence-electron chi connectivity index (χ0n) is 11.8. The molecule has 1 heterocycles. The average Bonchev–Trinajstić information content (AvgIpc) is 2.32. The molecule has 0 bridgehead atoms.